The van der Waals surface area contributed by atoms with Crippen LogP contribution in [0.2, 0.25) is 0 Å². The van der Waals surface area contributed by atoms with E-state index in [1.54, 1.807) is 0 Å². The molecule has 0 fully saturated rings. The van der Waals surface area contributed by atoms with Crippen LogP contribution < -0.4 is 11.1 Å². The summed E-state index contributed by atoms with van der Waals surface area (Å²) in [5.41, 5.74) is 6.03. The van der Waals surface area contributed by atoms with Crippen LogP contribution in [0.4, 0.5) is 10.9 Å². The second-order valence-electron chi connectivity index (χ2n) is 3.76. The van der Waals surface area contributed by atoms with Crippen molar-refractivity contribution in [1.29, 1.82) is 0 Å². The third-order valence-electron chi connectivity index (χ3n) is 2.52. The van der Waals surface area contributed by atoms with E-state index in [0.29, 0.717) is 15.8 Å². The summed E-state index contributed by atoms with van der Waals surface area (Å²) >= 11 is 1.19. The van der Waals surface area contributed by atoms with Crippen LogP contribution in [-0.2, 0) is 0 Å². The van der Waals surface area contributed by atoms with Gasteiger partial charge in [-0.3, -0.25) is 4.79 Å². The molecule has 2 aromatic heterocycles. The van der Waals surface area contributed by atoms with Gasteiger partial charge in [0.05, 0.1) is 11.7 Å². The molecule has 0 atom stereocenters. The summed E-state index contributed by atoms with van der Waals surface area (Å²) < 4.78 is 0. The fraction of sp³-hybridized carbons (Fsp3) is 0. The van der Waals surface area contributed by atoms with Crippen molar-refractivity contribution in [2.45, 2.75) is 0 Å². The molecule has 0 saturated carbocycles. The molecule has 0 saturated heterocycles. The number of primary amides is 1. The Balaban J connectivity index is 1.98. The van der Waals surface area contributed by atoms with Gasteiger partial charge in [0.25, 0.3) is 5.91 Å². The van der Waals surface area contributed by atoms with Crippen molar-refractivity contribution in [3.05, 3.63) is 41.7 Å². The van der Waals surface area contributed by atoms with Crippen LogP contribution in [0.15, 0.2) is 36.8 Å². The van der Waals surface area contributed by atoms with Crippen LogP contribution in [-0.4, -0.2) is 20.9 Å². The monoisotopic (exact) mass is 271 g/mol. The van der Waals surface area contributed by atoms with Crippen LogP contribution >= 0.6 is 11.3 Å². The highest BCUT2D eigenvalue weighted by molar-refractivity contribution is 7.17. The zero-order valence-corrected chi connectivity index (χ0v) is 10.5. The molecule has 2 heterocycles. The summed E-state index contributed by atoms with van der Waals surface area (Å²) in [7, 11) is 0. The zero-order chi connectivity index (χ0) is 13.2. The van der Waals surface area contributed by atoms with Gasteiger partial charge in [-0.2, -0.15) is 0 Å². The highest BCUT2D eigenvalue weighted by atomic mass is 32.1. The molecule has 0 bridgehead atoms. The van der Waals surface area contributed by atoms with E-state index in [-0.39, 0.29) is 0 Å². The van der Waals surface area contributed by atoms with Gasteiger partial charge in [0.1, 0.15) is 17.0 Å². The molecule has 0 aliphatic rings. The summed E-state index contributed by atoms with van der Waals surface area (Å²) in [6.07, 6.45) is 2.92. The van der Waals surface area contributed by atoms with E-state index in [2.05, 4.69) is 20.3 Å². The first kappa shape index (κ1) is 11.5. The van der Waals surface area contributed by atoms with Gasteiger partial charge in [-0.05, 0) is 12.1 Å². The van der Waals surface area contributed by atoms with E-state index >= 15 is 0 Å². The Bertz CT molecular complexity index is 749. The summed E-state index contributed by atoms with van der Waals surface area (Å²) in [5, 5.41) is 4.53. The number of fused-ring (bicyclic) bond motifs is 1. The molecule has 0 aliphatic heterocycles. The Morgan fingerprint density at radius 1 is 1.21 bits per heavy atom. The number of thiazole rings is 1. The van der Waals surface area contributed by atoms with Crippen molar-refractivity contribution in [2.75, 3.05) is 5.32 Å². The van der Waals surface area contributed by atoms with E-state index in [9.17, 15) is 4.79 Å². The molecule has 3 aromatic rings. The first-order valence-electron chi connectivity index (χ1n) is 5.46. The number of nitrogens with zero attached hydrogens (tertiary/aromatic N) is 3. The highest BCUT2D eigenvalue weighted by Gasteiger charge is 2.09. The number of rotatable bonds is 3. The minimum absolute atomic E-state index is 0.404. The van der Waals surface area contributed by atoms with E-state index in [1.165, 1.54) is 23.9 Å². The van der Waals surface area contributed by atoms with Crippen molar-refractivity contribution >= 4 is 39.1 Å². The van der Waals surface area contributed by atoms with Crippen LogP contribution in [0, 0.1) is 0 Å². The van der Waals surface area contributed by atoms with Crippen molar-refractivity contribution in [3.63, 3.8) is 0 Å². The number of hydrogen-bond acceptors (Lipinski definition) is 6. The molecule has 3 N–H and O–H groups in total. The Hall–Kier alpha value is -2.54. The molecule has 94 valence electrons. The number of carbonyl (C=O) groups excluding carboxylic acids is 1. The maximum atomic E-state index is 11.0. The third kappa shape index (κ3) is 2.23. The topological polar surface area (TPSA) is 93.8 Å². The van der Waals surface area contributed by atoms with E-state index < -0.39 is 5.91 Å². The number of nitrogens with two attached hydrogens (primary N) is 1. The Morgan fingerprint density at radius 2 is 2.05 bits per heavy atom. The standard InChI is InChI=1S/C12H9N5OS/c13-10(18)9-5-14-12(19-9)17-11-7-3-1-2-4-8(7)15-6-16-11/h1-6H,(H2,13,18)(H,14,15,16,17). The van der Waals surface area contributed by atoms with E-state index in [1.807, 2.05) is 24.3 Å². The first-order chi connectivity index (χ1) is 9.24. The number of benzene rings is 1. The fourth-order valence-corrected chi connectivity index (χ4v) is 2.32. The van der Waals surface area contributed by atoms with Gasteiger partial charge in [0.2, 0.25) is 0 Å². The second-order valence-corrected chi connectivity index (χ2v) is 4.79. The molecular weight excluding hydrogens is 262 g/mol. The minimum Gasteiger partial charge on any atom is -0.365 e. The van der Waals surface area contributed by atoms with Gasteiger partial charge in [-0.1, -0.05) is 23.5 Å². The number of para-hydroxylation sites is 1. The minimum atomic E-state index is -0.488. The normalized spacial score (nSPS) is 10.5. The van der Waals surface area contributed by atoms with Gasteiger partial charge in [0, 0.05) is 5.39 Å². The lowest BCUT2D eigenvalue weighted by Crippen LogP contribution is -2.08. The van der Waals surface area contributed by atoms with E-state index in [4.69, 9.17) is 5.73 Å². The molecule has 3 rings (SSSR count). The smallest absolute Gasteiger partial charge is 0.260 e. The van der Waals surface area contributed by atoms with Crippen LogP contribution in [0.1, 0.15) is 9.67 Å². The Labute approximate surface area is 112 Å². The quantitative estimate of drug-likeness (QED) is 0.759. The first-order valence-corrected chi connectivity index (χ1v) is 6.28. The number of amides is 1. The molecular formula is C12H9N5OS. The predicted octanol–water partition coefficient (Wildman–Crippen LogP) is 1.93. The number of aromatic nitrogens is 3. The SMILES string of the molecule is NC(=O)c1cnc(Nc2ncnc3ccccc23)s1. The zero-order valence-electron chi connectivity index (χ0n) is 9.70. The predicted molar refractivity (Wildman–Crippen MR) is 73.5 cm³/mol. The highest BCUT2D eigenvalue weighted by Crippen LogP contribution is 2.25. The molecule has 1 aromatic carbocycles. The lowest BCUT2D eigenvalue weighted by Gasteiger charge is -2.04. The maximum absolute atomic E-state index is 11.0. The molecule has 0 radical (unpaired) electrons. The van der Waals surface area contributed by atoms with Crippen LogP contribution in [0.3, 0.4) is 0 Å². The number of hydrogen-bond donors (Lipinski definition) is 2. The van der Waals surface area contributed by atoms with Gasteiger partial charge in [0.15, 0.2) is 5.13 Å². The Morgan fingerprint density at radius 3 is 2.84 bits per heavy atom. The molecule has 0 aliphatic carbocycles. The molecule has 7 heteroatoms. The van der Waals surface area contributed by atoms with Crippen LogP contribution in [0.5, 0.6) is 0 Å². The van der Waals surface area contributed by atoms with Gasteiger partial charge < -0.3 is 11.1 Å². The summed E-state index contributed by atoms with van der Waals surface area (Å²) in [6, 6.07) is 7.64. The molecule has 0 unspecified atom stereocenters. The van der Waals surface area contributed by atoms with Crippen molar-refractivity contribution < 1.29 is 4.79 Å². The Kier molecular flexibility index (Phi) is 2.81. The fourth-order valence-electron chi connectivity index (χ4n) is 1.65. The lowest BCUT2D eigenvalue weighted by molar-refractivity contribution is 0.100. The number of carbonyl (C=O) groups is 1. The third-order valence-corrected chi connectivity index (χ3v) is 3.44. The number of nitrogens with one attached hydrogen (secondary N) is 1. The van der Waals surface area contributed by atoms with Gasteiger partial charge in [-0.25, -0.2) is 15.0 Å². The summed E-state index contributed by atoms with van der Waals surface area (Å²) in [4.78, 5) is 23.9. The van der Waals surface area contributed by atoms with Crippen molar-refractivity contribution in [2.24, 2.45) is 5.73 Å². The van der Waals surface area contributed by atoms with Crippen LogP contribution in [0.25, 0.3) is 10.9 Å². The molecule has 1 amide bonds. The average Bonchev–Trinajstić information content (AvgIpc) is 2.88. The second kappa shape index (κ2) is 4.62. The molecule has 6 nitrogen and oxygen atoms in total. The van der Waals surface area contributed by atoms with Gasteiger partial charge in [-0.15, -0.1) is 0 Å². The largest absolute Gasteiger partial charge is 0.365 e. The molecule has 0 spiro atoms. The lowest BCUT2D eigenvalue weighted by atomic mass is 10.2. The summed E-state index contributed by atoms with van der Waals surface area (Å²) in [6.45, 7) is 0. The average molecular weight is 271 g/mol. The van der Waals surface area contributed by atoms with Crippen molar-refractivity contribution in [3.8, 4) is 0 Å². The molecule has 19 heavy (non-hydrogen) atoms. The van der Waals surface area contributed by atoms with E-state index in [0.717, 1.165) is 10.9 Å². The number of anilines is 2. The van der Waals surface area contributed by atoms with Crippen molar-refractivity contribution in [1.82, 2.24) is 15.0 Å². The summed E-state index contributed by atoms with van der Waals surface area (Å²) in [5.74, 6) is 0.161. The maximum Gasteiger partial charge on any atom is 0.260 e. The van der Waals surface area contributed by atoms with Gasteiger partial charge >= 0.3 is 0 Å².